The predicted molar refractivity (Wildman–Crippen MR) is 123 cm³/mol. The molecule has 1 N–H and O–H groups in total. The van der Waals surface area contributed by atoms with E-state index in [0.29, 0.717) is 6.61 Å². The van der Waals surface area contributed by atoms with Crippen molar-refractivity contribution < 1.29 is 14.8 Å². The number of nitro groups is 1. The zero-order chi connectivity index (χ0) is 21.9. The Labute approximate surface area is 182 Å². The van der Waals surface area contributed by atoms with E-state index < -0.39 is 4.92 Å². The first-order chi connectivity index (χ1) is 15.2. The van der Waals surface area contributed by atoms with Gasteiger partial charge in [0, 0.05) is 30.5 Å². The van der Waals surface area contributed by atoms with Gasteiger partial charge in [0.15, 0.2) is 0 Å². The van der Waals surface area contributed by atoms with Crippen molar-refractivity contribution in [1.29, 1.82) is 0 Å². The minimum absolute atomic E-state index is 0.0796. The summed E-state index contributed by atoms with van der Waals surface area (Å²) in [7, 11) is 0. The fourth-order valence-corrected chi connectivity index (χ4v) is 3.13. The third-order valence-corrected chi connectivity index (χ3v) is 4.86. The van der Waals surface area contributed by atoms with E-state index in [-0.39, 0.29) is 12.3 Å². The Morgan fingerprint density at radius 1 is 0.871 bits per heavy atom. The van der Waals surface area contributed by atoms with Crippen LogP contribution in [0.5, 0.6) is 5.75 Å². The van der Waals surface area contributed by atoms with E-state index in [0.717, 1.165) is 53.8 Å². The van der Waals surface area contributed by atoms with Crippen LogP contribution >= 0.6 is 0 Å². The molecule has 0 aliphatic heterocycles. The highest BCUT2D eigenvalue weighted by molar-refractivity contribution is 5.85. The summed E-state index contributed by atoms with van der Waals surface area (Å²) in [4.78, 5) is 14.9. The average molecular weight is 418 g/mol. The smallest absolute Gasteiger partial charge is 0.269 e. The molecule has 0 amide bonds. The summed E-state index contributed by atoms with van der Waals surface area (Å²) in [5.41, 5.74) is 3.69. The summed E-state index contributed by atoms with van der Waals surface area (Å²) in [5.74, 6) is 0.802. The number of unbranched alkanes of at least 4 members (excludes halogenated alkanes) is 3. The molecular weight excluding hydrogens is 392 g/mol. The van der Waals surface area contributed by atoms with Gasteiger partial charge in [-0.25, -0.2) is 0 Å². The number of aliphatic imine (C=N–C) groups is 1. The maximum Gasteiger partial charge on any atom is 0.269 e. The first-order valence-electron chi connectivity index (χ1n) is 10.4. The fraction of sp³-hybridized carbons (Fsp3) is 0.240. The second kappa shape index (κ2) is 11.6. The zero-order valence-corrected chi connectivity index (χ0v) is 17.3. The molecule has 0 spiro atoms. The van der Waals surface area contributed by atoms with Gasteiger partial charge in [0.05, 0.1) is 17.2 Å². The Morgan fingerprint density at radius 3 is 2.19 bits per heavy atom. The number of aliphatic hydroxyl groups excluding tert-OH is 1. The van der Waals surface area contributed by atoms with E-state index in [1.54, 1.807) is 18.3 Å². The molecule has 0 aromatic heterocycles. The number of ether oxygens (including phenoxy) is 1. The molecule has 6 nitrogen and oxygen atoms in total. The van der Waals surface area contributed by atoms with Crippen LogP contribution < -0.4 is 4.74 Å². The molecule has 0 saturated heterocycles. The summed E-state index contributed by atoms with van der Waals surface area (Å²) in [6.07, 6.45) is 5.64. The van der Waals surface area contributed by atoms with Crippen molar-refractivity contribution in [1.82, 2.24) is 0 Å². The maximum atomic E-state index is 10.8. The van der Waals surface area contributed by atoms with Crippen molar-refractivity contribution in [2.45, 2.75) is 25.7 Å². The van der Waals surface area contributed by atoms with E-state index in [1.807, 2.05) is 48.5 Å². The van der Waals surface area contributed by atoms with Crippen LogP contribution in [0.4, 0.5) is 11.4 Å². The first-order valence-corrected chi connectivity index (χ1v) is 10.4. The van der Waals surface area contributed by atoms with Crippen LogP contribution in [0.25, 0.3) is 11.1 Å². The molecule has 0 bridgehead atoms. The van der Waals surface area contributed by atoms with Gasteiger partial charge in [0.1, 0.15) is 5.75 Å². The highest BCUT2D eigenvalue weighted by Crippen LogP contribution is 2.25. The van der Waals surface area contributed by atoms with Crippen molar-refractivity contribution in [3.8, 4) is 16.9 Å². The molecule has 0 aliphatic carbocycles. The Morgan fingerprint density at radius 2 is 1.52 bits per heavy atom. The number of nitro benzene ring substituents is 1. The van der Waals surface area contributed by atoms with E-state index in [1.165, 1.54) is 12.1 Å². The van der Waals surface area contributed by atoms with Gasteiger partial charge in [-0.15, -0.1) is 0 Å². The quantitative estimate of drug-likeness (QED) is 0.181. The highest BCUT2D eigenvalue weighted by Gasteiger charge is 2.05. The molecular formula is C25H26N2O4. The lowest BCUT2D eigenvalue weighted by atomic mass is 10.1. The van der Waals surface area contributed by atoms with E-state index >= 15 is 0 Å². The number of nitrogens with zero attached hydrogens (tertiary/aromatic N) is 2. The van der Waals surface area contributed by atoms with Gasteiger partial charge in [-0.3, -0.25) is 15.1 Å². The average Bonchev–Trinajstić information content (AvgIpc) is 2.81. The van der Waals surface area contributed by atoms with Gasteiger partial charge in [-0.1, -0.05) is 30.7 Å². The predicted octanol–water partition coefficient (Wildman–Crippen LogP) is 5.94. The molecule has 6 heteroatoms. The topological polar surface area (TPSA) is 85.0 Å². The van der Waals surface area contributed by atoms with E-state index in [2.05, 4.69) is 4.99 Å². The molecule has 0 radical (unpaired) electrons. The van der Waals surface area contributed by atoms with Crippen LogP contribution in [0.2, 0.25) is 0 Å². The molecule has 31 heavy (non-hydrogen) atoms. The summed E-state index contributed by atoms with van der Waals surface area (Å²) >= 11 is 0. The van der Waals surface area contributed by atoms with Crippen LogP contribution in [-0.2, 0) is 0 Å². The molecule has 3 rings (SSSR count). The summed E-state index contributed by atoms with van der Waals surface area (Å²) < 4.78 is 5.91. The molecule has 0 unspecified atom stereocenters. The normalized spacial score (nSPS) is 11.0. The van der Waals surface area contributed by atoms with Crippen LogP contribution in [0.3, 0.4) is 0 Å². The monoisotopic (exact) mass is 418 g/mol. The van der Waals surface area contributed by atoms with Crippen molar-refractivity contribution in [2.75, 3.05) is 13.2 Å². The Hall–Kier alpha value is -3.51. The van der Waals surface area contributed by atoms with Gasteiger partial charge >= 0.3 is 0 Å². The largest absolute Gasteiger partial charge is 0.493 e. The second-order valence-corrected chi connectivity index (χ2v) is 7.13. The zero-order valence-electron chi connectivity index (χ0n) is 17.3. The molecule has 0 atom stereocenters. The van der Waals surface area contributed by atoms with Gasteiger partial charge < -0.3 is 9.84 Å². The third-order valence-electron chi connectivity index (χ3n) is 4.86. The molecule has 0 aliphatic rings. The van der Waals surface area contributed by atoms with Crippen LogP contribution in [-0.4, -0.2) is 29.5 Å². The molecule has 3 aromatic rings. The minimum Gasteiger partial charge on any atom is -0.493 e. The van der Waals surface area contributed by atoms with Gasteiger partial charge in [0.2, 0.25) is 0 Å². The molecule has 160 valence electrons. The molecule has 0 fully saturated rings. The number of hydrogen-bond donors (Lipinski definition) is 1. The number of benzene rings is 3. The first kappa shape index (κ1) is 22.2. The minimum atomic E-state index is -0.402. The van der Waals surface area contributed by atoms with Gasteiger partial charge in [-0.2, -0.15) is 0 Å². The molecule has 0 heterocycles. The number of hydrogen-bond acceptors (Lipinski definition) is 5. The summed E-state index contributed by atoms with van der Waals surface area (Å²) in [5, 5.41) is 19.6. The number of para-hydroxylation sites is 1. The standard InChI is InChI=1S/C25H26N2O4/c28-17-5-1-2-6-18-31-25-8-4-3-7-22(25)19-26-23-13-9-20(10-14-23)21-11-15-24(16-12-21)27(29)30/h3-4,7-16,19,28H,1-2,5-6,17-18H2. The fourth-order valence-electron chi connectivity index (χ4n) is 3.13. The lowest BCUT2D eigenvalue weighted by Crippen LogP contribution is -2.00. The number of non-ortho nitro benzene ring substituents is 1. The lowest BCUT2D eigenvalue weighted by Gasteiger charge is -2.08. The maximum absolute atomic E-state index is 10.8. The third kappa shape index (κ3) is 6.76. The second-order valence-electron chi connectivity index (χ2n) is 7.13. The van der Waals surface area contributed by atoms with Gasteiger partial charge in [0.25, 0.3) is 5.69 Å². The van der Waals surface area contributed by atoms with Crippen LogP contribution in [0, 0.1) is 10.1 Å². The Bertz CT molecular complexity index is 999. The van der Waals surface area contributed by atoms with Gasteiger partial charge in [-0.05, 0) is 66.8 Å². The number of rotatable bonds is 11. The molecule has 3 aromatic carbocycles. The van der Waals surface area contributed by atoms with Crippen molar-refractivity contribution in [3.05, 3.63) is 88.5 Å². The van der Waals surface area contributed by atoms with Crippen molar-refractivity contribution in [3.63, 3.8) is 0 Å². The van der Waals surface area contributed by atoms with Crippen LogP contribution in [0.15, 0.2) is 77.8 Å². The summed E-state index contributed by atoms with van der Waals surface area (Å²) in [6, 6.07) is 22.0. The van der Waals surface area contributed by atoms with Crippen molar-refractivity contribution >= 4 is 17.6 Å². The highest BCUT2D eigenvalue weighted by atomic mass is 16.6. The van der Waals surface area contributed by atoms with Crippen molar-refractivity contribution in [2.24, 2.45) is 4.99 Å². The van der Waals surface area contributed by atoms with Crippen LogP contribution in [0.1, 0.15) is 31.2 Å². The van der Waals surface area contributed by atoms with E-state index in [9.17, 15) is 10.1 Å². The Balaban J connectivity index is 1.61. The van der Waals surface area contributed by atoms with E-state index in [4.69, 9.17) is 9.84 Å². The molecule has 0 saturated carbocycles. The Kier molecular flexibility index (Phi) is 8.31. The number of aliphatic hydroxyl groups is 1. The SMILES string of the molecule is O=[N+]([O-])c1ccc(-c2ccc(N=Cc3ccccc3OCCCCCCO)cc2)cc1. The lowest BCUT2D eigenvalue weighted by molar-refractivity contribution is -0.384. The summed E-state index contributed by atoms with van der Waals surface area (Å²) in [6.45, 7) is 0.884.